The van der Waals surface area contributed by atoms with Crippen LogP contribution in [-0.4, -0.2) is 49.3 Å². The molecule has 3 rings (SSSR count). The molecule has 3 nitrogen and oxygen atoms in total. The van der Waals surface area contributed by atoms with Gasteiger partial charge in [0.25, 0.3) is 0 Å². The Balaban J connectivity index is 1.61. The Morgan fingerprint density at radius 2 is 2.12 bits per heavy atom. The first kappa shape index (κ1) is 11.9. The van der Waals surface area contributed by atoms with Gasteiger partial charge in [-0.2, -0.15) is 0 Å². The lowest BCUT2D eigenvalue weighted by Crippen LogP contribution is -2.59. The zero-order valence-corrected chi connectivity index (χ0v) is 11.2. The van der Waals surface area contributed by atoms with Crippen LogP contribution in [0.25, 0.3) is 0 Å². The summed E-state index contributed by atoms with van der Waals surface area (Å²) in [5, 5.41) is 3.73. The van der Waals surface area contributed by atoms with E-state index in [1.807, 2.05) is 0 Å². The van der Waals surface area contributed by atoms with Crippen LogP contribution in [-0.2, 0) is 4.74 Å². The molecule has 0 aromatic heterocycles. The average Bonchev–Trinajstić information content (AvgIpc) is 3.04. The minimum Gasteiger partial charge on any atom is -0.381 e. The number of nitrogens with one attached hydrogen (secondary N) is 1. The zero-order chi connectivity index (χ0) is 11.8. The van der Waals surface area contributed by atoms with Crippen molar-refractivity contribution in [2.75, 3.05) is 26.3 Å². The first-order chi connectivity index (χ1) is 8.25. The molecule has 0 amide bonds. The number of nitrogens with zero attached hydrogens (tertiary/aromatic N) is 1. The van der Waals surface area contributed by atoms with Gasteiger partial charge in [0.2, 0.25) is 0 Å². The third-order valence-corrected chi connectivity index (χ3v) is 5.01. The molecule has 17 heavy (non-hydrogen) atoms. The third-order valence-electron chi connectivity index (χ3n) is 5.01. The SMILES string of the molecule is CC1CNC(C2CC2)CN1C(C)C1CCOC1. The Kier molecular flexibility index (Phi) is 3.42. The Bertz CT molecular complexity index is 261. The average molecular weight is 238 g/mol. The summed E-state index contributed by atoms with van der Waals surface area (Å²) in [7, 11) is 0. The molecule has 0 bridgehead atoms. The summed E-state index contributed by atoms with van der Waals surface area (Å²) in [6, 6.07) is 2.13. The molecular weight excluding hydrogens is 212 g/mol. The van der Waals surface area contributed by atoms with Crippen LogP contribution in [0.4, 0.5) is 0 Å². The molecule has 3 fully saturated rings. The smallest absolute Gasteiger partial charge is 0.0509 e. The fraction of sp³-hybridized carbons (Fsp3) is 1.00. The predicted molar refractivity (Wildman–Crippen MR) is 69.1 cm³/mol. The van der Waals surface area contributed by atoms with E-state index in [-0.39, 0.29) is 0 Å². The van der Waals surface area contributed by atoms with Crippen LogP contribution in [0.15, 0.2) is 0 Å². The highest BCUT2D eigenvalue weighted by molar-refractivity contribution is 4.95. The summed E-state index contributed by atoms with van der Waals surface area (Å²) < 4.78 is 5.55. The van der Waals surface area contributed by atoms with E-state index in [1.54, 1.807) is 0 Å². The Labute approximate surface area is 105 Å². The maximum Gasteiger partial charge on any atom is 0.0509 e. The fourth-order valence-corrected chi connectivity index (χ4v) is 3.50. The summed E-state index contributed by atoms with van der Waals surface area (Å²) in [4.78, 5) is 2.73. The molecule has 0 aromatic rings. The van der Waals surface area contributed by atoms with Gasteiger partial charge in [0.15, 0.2) is 0 Å². The number of ether oxygens (including phenoxy) is 1. The molecule has 0 spiro atoms. The van der Waals surface area contributed by atoms with Gasteiger partial charge in [-0.05, 0) is 44.9 Å². The zero-order valence-electron chi connectivity index (χ0n) is 11.2. The lowest BCUT2D eigenvalue weighted by Gasteiger charge is -2.44. The number of hydrogen-bond donors (Lipinski definition) is 1. The quantitative estimate of drug-likeness (QED) is 0.806. The van der Waals surface area contributed by atoms with Crippen molar-refractivity contribution < 1.29 is 4.74 Å². The van der Waals surface area contributed by atoms with Crippen LogP contribution in [0, 0.1) is 11.8 Å². The van der Waals surface area contributed by atoms with Gasteiger partial charge >= 0.3 is 0 Å². The fourth-order valence-electron chi connectivity index (χ4n) is 3.50. The van der Waals surface area contributed by atoms with Gasteiger partial charge in [0, 0.05) is 37.8 Å². The van der Waals surface area contributed by atoms with E-state index in [0.29, 0.717) is 12.1 Å². The second-order valence-corrected chi connectivity index (χ2v) is 6.26. The highest BCUT2D eigenvalue weighted by Gasteiger charge is 2.39. The van der Waals surface area contributed by atoms with Crippen LogP contribution in [0.3, 0.4) is 0 Å². The van der Waals surface area contributed by atoms with E-state index in [4.69, 9.17) is 4.74 Å². The maximum absolute atomic E-state index is 5.55. The van der Waals surface area contributed by atoms with Crippen molar-refractivity contribution in [3.63, 3.8) is 0 Å². The lowest BCUT2D eigenvalue weighted by atomic mass is 9.95. The van der Waals surface area contributed by atoms with Crippen molar-refractivity contribution in [2.24, 2.45) is 11.8 Å². The van der Waals surface area contributed by atoms with Crippen molar-refractivity contribution >= 4 is 0 Å². The van der Waals surface area contributed by atoms with Crippen LogP contribution in [0.2, 0.25) is 0 Å². The van der Waals surface area contributed by atoms with Crippen molar-refractivity contribution in [1.29, 1.82) is 0 Å². The molecule has 1 saturated carbocycles. The largest absolute Gasteiger partial charge is 0.381 e. The molecule has 0 aromatic carbocycles. The van der Waals surface area contributed by atoms with Crippen molar-refractivity contribution in [3.8, 4) is 0 Å². The predicted octanol–water partition coefficient (Wildman–Crippen LogP) is 1.48. The first-order valence-electron chi connectivity index (χ1n) is 7.32. The molecular formula is C14H26N2O. The Hall–Kier alpha value is -0.120. The number of hydrogen-bond acceptors (Lipinski definition) is 3. The van der Waals surface area contributed by atoms with Gasteiger partial charge in [-0.25, -0.2) is 0 Å². The molecule has 0 radical (unpaired) electrons. The van der Waals surface area contributed by atoms with Gasteiger partial charge in [-0.1, -0.05) is 0 Å². The van der Waals surface area contributed by atoms with Gasteiger partial charge in [0.1, 0.15) is 0 Å². The molecule has 3 heteroatoms. The van der Waals surface area contributed by atoms with E-state index in [1.165, 1.54) is 32.4 Å². The van der Waals surface area contributed by atoms with E-state index < -0.39 is 0 Å². The van der Waals surface area contributed by atoms with E-state index in [9.17, 15) is 0 Å². The monoisotopic (exact) mass is 238 g/mol. The highest BCUT2D eigenvalue weighted by atomic mass is 16.5. The minimum atomic E-state index is 0.681. The second-order valence-electron chi connectivity index (χ2n) is 6.26. The summed E-state index contributed by atoms with van der Waals surface area (Å²) in [5.41, 5.74) is 0. The summed E-state index contributed by atoms with van der Waals surface area (Å²) in [5.74, 6) is 1.73. The summed E-state index contributed by atoms with van der Waals surface area (Å²) >= 11 is 0. The maximum atomic E-state index is 5.55. The topological polar surface area (TPSA) is 24.5 Å². The standard InChI is InChI=1S/C14H26N2O/c1-10-7-15-14(12-3-4-12)8-16(10)11(2)13-5-6-17-9-13/h10-15H,3-9H2,1-2H3. The van der Waals surface area contributed by atoms with E-state index in [2.05, 4.69) is 24.1 Å². The minimum absolute atomic E-state index is 0.681. The van der Waals surface area contributed by atoms with Gasteiger partial charge in [0.05, 0.1) is 6.61 Å². The van der Waals surface area contributed by atoms with Crippen molar-refractivity contribution in [2.45, 2.75) is 51.2 Å². The highest BCUT2D eigenvalue weighted by Crippen LogP contribution is 2.35. The summed E-state index contributed by atoms with van der Waals surface area (Å²) in [6.07, 6.45) is 4.15. The van der Waals surface area contributed by atoms with Gasteiger partial charge in [-0.3, -0.25) is 4.90 Å². The molecule has 2 saturated heterocycles. The van der Waals surface area contributed by atoms with Crippen LogP contribution in [0.5, 0.6) is 0 Å². The van der Waals surface area contributed by atoms with Crippen LogP contribution in [0.1, 0.15) is 33.1 Å². The molecule has 2 heterocycles. The molecule has 2 aliphatic heterocycles. The molecule has 1 aliphatic carbocycles. The first-order valence-corrected chi connectivity index (χ1v) is 7.32. The summed E-state index contributed by atoms with van der Waals surface area (Å²) in [6.45, 7) is 9.14. The van der Waals surface area contributed by atoms with Crippen molar-refractivity contribution in [3.05, 3.63) is 0 Å². The van der Waals surface area contributed by atoms with Crippen LogP contribution >= 0.6 is 0 Å². The van der Waals surface area contributed by atoms with Gasteiger partial charge < -0.3 is 10.1 Å². The molecule has 3 aliphatic rings. The Morgan fingerprint density at radius 3 is 2.76 bits per heavy atom. The number of piperazine rings is 1. The Morgan fingerprint density at radius 1 is 1.29 bits per heavy atom. The molecule has 98 valence electrons. The third kappa shape index (κ3) is 2.51. The van der Waals surface area contributed by atoms with E-state index in [0.717, 1.165) is 31.1 Å². The normalized spacial score (nSPS) is 41.6. The molecule has 4 atom stereocenters. The van der Waals surface area contributed by atoms with E-state index >= 15 is 0 Å². The van der Waals surface area contributed by atoms with Crippen LogP contribution < -0.4 is 5.32 Å². The lowest BCUT2D eigenvalue weighted by molar-refractivity contribution is 0.0577. The van der Waals surface area contributed by atoms with Gasteiger partial charge in [-0.15, -0.1) is 0 Å². The van der Waals surface area contributed by atoms with Crippen molar-refractivity contribution in [1.82, 2.24) is 10.2 Å². The number of rotatable bonds is 3. The second kappa shape index (κ2) is 4.87. The molecule has 4 unspecified atom stereocenters. The molecule has 1 N–H and O–H groups in total.